The van der Waals surface area contributed by atoms with E-state index in [4.69, 9.17) is 17.3 Å². The summed E-state index contributed by atoms with van der Waals surface area (Å²) in [4.78, 5) is 10.9. The number of benzene rings is 1. The Morgan fingerprint density at radius 2 is 2.36 bits per heavy atom. The van der Waals surface area contributed by atoms with Gasteiger partial charge in [0.25, 0.3) is 0 Å². The number of hydrogen-bond acceptors (Lipinski definition) is 3. The van der Waals surface area contributed by atoms with E-state index in [1.54, 1.807) is 18.2 Å². The lowest BCUT2D eigenvalue weighted by molar-refractivity contribution is 0.187. The van der Waals surface area contributed by atoms with Gasteiger partial charge in [-0.3, -0.25) is 5.32 Å². The third kappa shape index (κ3) is 2.61. The summed E-state index contributed by atoms with van der Waals surface area (Å²) in [5, 5.41) is 3.10. The Morgan fingerprint density at radius 3 is 2.93 bits per heavy atom. The normalized spacial score (nSPS) is 9.64. The molecule has 4 nitrogen and oxygen atoms in total. The van der Waals surface area contributed by atoms with Crippen molar-refractivity contribution in [3.63, 3.8) is 0 Å². The first-order valence-electron chi connectivity index (χ1n) is 4.01. The van der Waals surface area contributed by atoms with Gasteiger partial charge < -0.3 is 10.5 Å². The predicted octanol–water partition coefficient (Wildman–Crippen LogP) is 1.98. The molecule has 0 heterocycles. The Bertz CT molecular complexity index is 342. The molecule has 0 aliphatic rings. The summed E-state index contributed by atoms with van der Waals surface area (Å²) in [6, 6.07) is 5.06. The second kappa shape index (κ2) is 4.83. The molecule has 0 aliphatic carbocycles. The van der Waals surface area contributed by atoms with Gasteiger partial charge in [0.15, 0.2) is 0 Å². The van der Waals surface area contributed by atoms with Gasteiger partial charge in [-0.2, -0.15) is 0 Å². The monoisotopic (exact) mass is 214 g/mol. The van der Waals surface area contributed by atoms with E-state index in [2.05, 4.69) is 10.1 Å². The van der Waals surface area contributed by atoms with E-state index in [1.165, 1.54) is 7.11 Å². The molecule has 0 saturated heterocycles. The third-order valence-electron chi connectivity index (χ3n) is 1.70. The van der Waals surface area contributed by atoms with Gasteiger partial charge >= 0.3 is 6.09 Å². The molecule has 5 heteroatoms. The van der Waals surface area contributed by atoms with Gasteiger partial charge in [0.05, 0.1) is 7.11 Å². The standard InChI is InChI=1S/C9H11ClN2O2/c1-14-9(13)12-7-2-3-8(10)6(4-7)5-11/h2-4H,5,11H2,1H3,(H,12,13). The molecule has 0 aliphatic heterocycles. The van der Waals surface area contributed by atoms with Crippen molar-refractivity contribution in [2.45, 2.75) is 6.54 Å². The average molecular weight is 215 g/mol. The van der Waals surface area contributed by atoms with Crippen LogP contribution in [0.1, 0.15) is 5.56 Å². The molecule has 14 heavy (non-hydrogen) atoms. The number of carbonyl (C=O) groups is 1. The number of carbonyl (C=O) groups excluding carboxylic acids is 1. The van der Waals surface area contributed by atoms with Gasteiger partial charge in [0.1, 0.15) is 0 Å². The van der Waals surface area contributed by atoms with E-state index in [0.29, 0.717) is 17.3 Å². The molecule has 0 aromatic heterocycles. The minimum absolute atomic E-state index is 0.329. The van der Waals surface area contributed by atoms with Crippen molar-refractivity contribution in [2.24, 2.45) is 5.73 Å². The highest BCUT2D eigenvalue weighted by Crippen LogP contribution is 2.19. The molecule has 0 bridgehead atoms. The number of amides is 1. The number of nitrogens with two attached hydrogens (primary N) is 1. The van der Waals surface area contributed by atoms with Crippen LogP contribution in [0.2, 0.25) is 5.02 Å². The number of nitrogens with one attached hydrogen (secondary N) is 1. The van der Waals surface area contributed by atoms with E-state index in [0.717, 1.165) is 5.56 Å². The van der Waals surface area contributed by atoms with Crippen molar-refractivity contribution in [1.29, 1.82) is 0 Å². The Kier molecular flexibility index (Phi) is 3.73. The summed E-state index contributed by atoms with van der Waals surface area (Å²) < 4.78 is 4.44. The molecule has 1 aromatic rings. The summed E-state index contributed by atoms with van der Waals surface area (Å²) in [7, 11) is 1.30. The van der Waals surface area contributed by atoms with Crippen LogP contribution >= 0.6 is 11.6 Å². The van der Waals surface area contributed by atoms with Gasteiger partial charge in [-0.1, -0.05) is 11.6 Å². The maximum absolute atomic E-state index is 10.9. The van der Waals surface area contributed by atoms with Gasteiger partial charge in [-0.15, -0.1) is 0 Å². The summed E-state index contributed by atoms with van der Waals surface area (Å²) in [6.07, 6.45) is -0.518. The number of halogens is 1. The number of hydrogen-bond donors (Lipinski definition) is 2. The molecule has 76 valence electrons. The first kappa shape index (κ1) is 10.8. The van der Waals surface area contributed by atoms with Crippen molar-refractivity contribution >= 4 is 23.4 Å². The van der Waals surface area contributed by atoms with E-state index in [1.807, 2.05) is 0 Å². The largest absolute Gasteiger partial charge is 0.453 e. The zero-order valence-electron chi connectivity index (χ0n) is 7.71. The molecule has 3 N–H and O–H groups in total. The maximum Gasteiger partial charge on any atom is 0.411 e. The Morgan fingerprint density at radius 1 is 1.64 bits per heavy atom. The lowest BCUT2D eigenvalue weighted by Crippen LogP contribution is -2.11. The smallest absolute Gasteiger partial charge is 0.411 e. The van der Waals surface area contributed by atoms with E-state index >= 15 is 0 Å². The Labute approximate surface area is 87.0 Å². The van der Waals surface area contributed by atoms with Crippen LogP contribution in [0.15, 0.2) is 18.2 Å². The summed E-state index contributed by atoms with van der Waals surface area (Å²) in [6.45, 7) is 0.329. The zero-order chi connectivity index (χ0) is 10.6. The van der Waals surface area contributed by atoms with Crippen molar-refractivity contribution in [1.82, 2.24) is 0 Å². The zero-order valence-corrected chi connectivity index (χ0v) is 8.47. The van der Waals surface area contributed by atoms with Crippen LogP contribution in [-0.2, 0) is 11.3 Å². The lowest BCUT2D eigenvalue weighted by atomic mass is 10.2. The summed E-state index contributed by atoms with van der Waals surface area (Å²) >= 11 is 5.84. The van der Waals surface area contributed by atoms with E-state index in [9.17, 15) is 4.79 Å². The second-order valence-corrected chi connectivity index (χ2v) is 3.03. The summed E-state index contributed by atoms with van der Waals surface area (Å²) in [5.74, 6) is 0. The minimum atomic E-state index is -0.518. The maximum atomic E-state index is 10.9. The molecule has 0 unspecified atom stereocenters. The molecular weight excluding hydrogens is 204 g/mol. The highest BCUT2D eigenvalue weighted by atomic mass is 35.5. The van der Waals surface area contributed by atoms with Crippen LogP contribution in [0, 0.1) is 0 Å². The Balaban J connectivity index is 2.84. The van der Waals surface area contributed by atoms with Crippen LogP contribution in [0.25, 0.3) is 0 Å². The van der Waals surface area contributed by atoms with Crippen LogP contribution in [0.3, 0.4) is 0 Å². The molecule has 0 radical (unpaired) electrons. The molecule has 0 spiro atoms. The number of ether oxygens (including phenoxy) is 1. The van der Waals surface area contributed by atoms with Crippen molar-refractivity contribution in [3.05, 3.63) is 28.8 Å². The van der Waals surface area contributed by atoms with Crippen LogP contribution in [0.4, 0.5) is 10.5 Å². The van der Waals surface area contributed by atoms with Gasteiger partial charge in [-0.05, 0) is 23.8 Å². The van der Waals surface area contributed by atoms with E-state index < -0.39 is 6.09 Å². The first-order chi connectivity index (χ1) is 6.67. The van der Waals surface area contributed by atoms with Crippen molar-refractivity contribution in [3.8, 4) is 0 Å². The second-order valence-electron chi connectivity index (χ2n) is 2.63. The molecule has 0 saturated carbocycles. The lowest BCUT2D eigenvalue weighted by Gasteiger charge is -2.06. The fraction of sp³-hybridized carbons (Fsp3) is 0.222. The van der Waals surface area contributed by atoms with Crippen LogP contribution < -0.4 is 11.1 Å². The fourth-order valence-corrected chi connectivity index (χ4v) is 1.17. The SMILES string of the molecule is COC(=O)Nc1ccc(Cl)c(CN)c1. The molecule has 0 atom stereocenters. The average Bonchev–Trinajstić information content (AvgIpc) is 2.20. The van der Waals surface area contributed by atoms with Crippen LogP contribution in [-0.4, -0.2) is 13.2 Å². The molecule has 1 rings (SSSR count). The highest BCUT2D eigenvalue weighted by molar-refractivity contribution is 6.31. The number of anilines is 1. The number of rotatable bonds is 2. The first-order valence-corrected chi connectivity index (χ1v) is 4.38. The fourth-order valence-electron chi connectivity index (χ4n) is 0.978. The summed E-state index contributed by atoms with van der Waals surface area (Å²) in [5.41, 5.74) is 6.85. The van der Waals surface area contributed by atoms with E-state index in [-0.39, 0.29) is 0 Å². The highest BCUT2D eigenvalue weighted by Gasteiger charge is 2.03. The van der Waals surface area contributed by atoms with Gasteiger partial charge in [0, 0.05) is 17.3 Å². The number of methoxy groups -OCH3 is 1. The van der Waals surface area contributed by atoms with Crippen LogP contribution in [0.5, 0.6) is 0 Å². The topological polar surface area (TPSA) is 64.3 Å². The third-order valence-corrected chi connectivity index (χ3v) is 2.07. The minimum Gasteiger partial charge on any atom is -0.453 e. The molecular formula is C9H11ClN2O2. The van der Waals surface area contributed by atoms with Crippen molar-refractivity contribution < 1.29 is 9.53 Å². The predicted molar refractivity (Wildman–Crippen MR) is 55.4 cm³/mol. The van der Waals surface area contributed by atoms with Gasteiger partial charge in [-0.25, -0.2) is 4.79 Å². The van der Waals surface area contributed by atoms with Crippen molar-refractivity contribution in [2.75, 3.05) is 12.4 Å². The molecule has 1 amide bonds. The Hall–Kier alpha value is -1.26. The molecule has 0 fully saturated rings. The van der Waals surface area contributed by atoms with Gasteiger partial charge in [0.2, 0.25) is 0 Å². The quantitative estimate of drug-likeness (QED) is 0.791. The molecule has 1 aromatic carbocycles.